The molecular formula is C13H10FN5. The fourth-order valence-corrected chi connectivity index (χ4v) is 1.72. The number of hydrogen-bond acceptors (Lipinski definition) is 4. The van der Waals surface area contributed by atoms with Crippen molar-refractivity contribution >= 4 is 0 Å². The molecule has 0 bridgehead atoms. The Morgan fingerprint density at radius 1 is 1.37 bits per heavy atom. The number of halogens is 1. The van der Waals surface area contributed by atoms with Crippen molar-refractivity contribution in [3.63, 3.8) is 0 Å². The molecule has 1 atom stereocenters. The summed E-state index contributed by atoms with van der Waals surface area (Å²) in [5.41, 5.74) is 6.47. The fraction of sp³-hybridized carbons (Fsp3) is 0.154. The molecule has 2 N–H and O–H groups in total. The maximum Gasteiger partial charge on any atom is 0.177 e. The van der Waals surface area contributed by atoms with Crippen molar-refractivity contribution in [1.82, 2.24) is 9.55 Å². The molecule has 0 aliphatic heterocycles. The quantitative estimate of drug-likeness (QED) is 0.885. The monoisotopic (exact) mass is 255 g/mol. The molecule has 0 fully saturated rings. The minimum Gasteiger partial charge on any atom is -0.324 e. The van der Waals surface area contributed by atoms with Gasteiger partial charge in [-0.3, -0.25) is 4.57 Å². The number of nitriles is 2. The third-order valence-corrected chi connectivity index (χ3v) is 2.74. The second kappa shape index (κ2) is 4.89. The number of imidazole rings is 1. The number of benzene rings is 1. The highest BCUT2D eigenvalue weighted by Gasteiger charge is 2.15. The van der Waals surface area contributed by atoms with Crippen LogP contribution in [0.4, 0.5) is 4.39 Å². The molecule has 0 aliphatic rings. The molecule has 0 spiro atoms. The number of rotatable bonds is 2. The summed E-state index contributed by atoms with van der Waals surface area (Å²) >= 11 is 0. The van der Waals surface area contributed by atoms with Crippen molar-refractivity contribution < 1.29 is 4.39 Å². The largest absolute Gasteiger partial charge is 0.324 e. The summed E-state index contributed by atoms with van der Waals surface area (Å²) in [5, 5.41) is 17.8. The first-order chi connectivity index (χ1) is 9.08. The molecule has 0 saturated heterocycles. The average Bonchev–Trinajstić information content (AvgIpc) is 2.80. The molecule has 1 aromatic heterocycles. The summed E-state index contributed by atoms with van der Waals surface area (Å²) < 4.78 is 15.3. The van der Waals surface area contributed by atoms with E-state index in [4.69, 9.17) is 16.3 Å². The number of hydrogen-bond donors (Lipinski definition) is 1. The average molecular weight is 255 g/mol. The van der Waals surface area contributed by atoms with Gasteiger partial charge < -0.3 is 5.73 Å². The van der Waals surface area contributed by atoms with Crippen molar-refractivity contribution in [3.05, 3.63) is 47.3 Å². The second-order valence-corrected chi connectivity index (χ2v) is 4.03. The first-order valence-electron chi connectivity index (χ1n) is 5.51. The van der Waals surface area contributed by atoms with E-state index in [-0.39, 0.29) is 23.1 Å². The van der Waals surface area contributed by atoms with Gasteiger partial charge in [-0.15, -0.1) is 0 Å². The van der Waals surface area contributed by atoms with E-state index in [0.717, 1.165) is 0 Å². The van der Waals surface area contributed by atoms with Crippen LogP contribution in [0.25, 0.3) is 5.69 Å². The van der Waals surface area contributed by atoms with E-state index < -0.39 is 5.82 Å². The summed E-state index contributed by atoms with van der Waals surface area (Å²) in [5.74, 6) is -0.520. The highest BCUT2D eigenvalue weighted by atomic mass is 19.1. The molecule has 1 aromatic carbocycles. The SMILES string of the molecule is C[C@H](N)c1ccc(-n2cnc(C#N)c2C#N)c(F)c1. The van der Waals surface area contributed by atoms with E-state index in [1.807, 2.05) is 6.07 Å². The summed E-state index contributed by atoms with van der Waals surface area (Å²) in [6.07, 6.45) is 1.25. The van der Waals surface area contributed by atoms with Crippen LogP contribution in [0.5, 0.6) is 0 Å². The normalized spacial score (nSPS) is 11.6. The van der Waals surface area contributed by atoms with Gasteiger partial charge in [0.15, 0.2) is 11.4 Å². The maximum absolute atomic E-state index is 14.0. The zero-order chi connectivity index (χ0) is 14.0. The van der Waals surface area contributed by atoms with Gasteiger partial charge in [-0.25, -0.2) is 9.37 Å². The highest BCUT2D eigenvalue weighted by Crippen LogP contribution is 2.20. The van der Waals surface area contributed by atoms with Crippen LogP contribution in [-0.2, 0) is 0 Å². The molecule has 6 heteroatoms. The Balaban J connectivity index is 2.58. The summed E-state index contributed by atoms with van der Waals surface area (Å²) in [7, 11) is 0. The van der Waals surface area contributed by atoms with Crippen LogP contribution < -0.4 is 5.73 Å². The Morgan fingerprint density at radius 3 is 2.63 bits per heavy atom. The molecule has 1 heterocycles. The Morgan fingerprint density at radius 2 is 2.11 bits per heavy atom. The minimum atomic E-state index is -0.520. The van der Waals surface area contributed by atoms with Crippen LogP contribution in [0.15, 0.2) is 24.5 Å². The Kier molecular flexibility index (Phi) is 3.28. The lowest BCUT2D eigenvalue weighted by Gasteiger charge is -2.09. The zero-order valence-corrected chi connectivity index (χ0v) is 10.1. The molecule has 0 unspecified atom stereocenters. The third kappa shape index (κ3) is 2.17. The van der Waals surface area contributed by atoms with Gasteiger partial charge in [0.2, 0.25) is 0 Å². The molecule has 0 aliphatic carbocycles. The van der Waals surface area contributed by atoms with E-state index in [9.17, 15) is 4.39 Å². The Labute approximate surface area is 109 Å². The summed E-state index contributed by atoms with van der Waals surface area (Å²) in [4.78, 5) is 3.77. The molecule has 0 amide bonds. The minimum absolute atomic E-state index is 0.00921. The molecule has 94 valence electrons. The van der Waals surface area contributed by atoms with Gasteiger partial charge in [-0.1, -0.05) is 6.07 Å². The van der Waals surface area contributed by atoms with Gasteiger partial charge in [0.05, 0.1) is 5.69 Å². The predicted molar refractivity (Wildman–Crippen MR) is 65.6 cm³/mol. The van der Waals surface area contributed by atoms with Crippen molar-refractivity contribution in [2.45, 2.75) is 13.0 Å². The van der Waals surface area contributed by atoms with Crippen LogP contribution in [0.1, 0.15) is 29.9 Å². The molecular weight excluding hydrogens is 245 g/mol. The lowest BCUT2D eigenvalue weighted by molar-refractivity contribution is 0.612. The maximum atomic E-state index is 14.0. The predicted octanol–water partition coefficient (Wildman–Crippen LogP) is 1.77. The van der Waals surface area contributed by atoms with Crippen LogP contribution in [0.2, 0.25) is 0 Å². The first-order valence-corrected chi connectivity index (χ1v) is 5.51. The second-order valence-electron chi connectivity index (χ2n) is 4.03. The summed E-state index contributed by atoms with van der Waals surface area (Å²) in [6, 6.07) is 7.85. The van der Waals surface area contributed by atoms with E-state index in [2.05, 4.69) is 4.98 Å². The van der Waals surface area contributed by atoms with E-state index in [0.29, 0.717) is 5.56 Å². The Bertz CT molecular complexity index is 703. The fourth-order valence-electron chi connectivity index (χ4n) is 1.72. The first kappa shape index (κ1) is 12.7. The van der Waals surface area contributed by atoms with Gasteiger partial charge >= 0.3 is 0 Å². The molecule has 2 rings (SSSR count). The molecule has 2 aromatic rings. The lowest BCUT2D eigenvalue weighted by atomic mass is 10.1. The van der Waals surface area contributed by atoms with Crippen molar-refractivity contribution in [2.24, 2.45) is 5.73 Å². The van der Waals surface area contributed by atoms with Crippen LogP contribution >= 0.6 is 0 Å². The smallest absolute Gasteiger partial charge is 0.177 e. The molecule has 19 heavy (non-hydrogen) atoms. The number of aromatic nitrogens is 2. The zero-order valence-electron chi connectivity index (χ0n) is 10.1. The molecule has 0 saturated carbocycles. The van der Waals surface area contributed by atoms with Crippen LogP contribution in [-0.4, -0.2) is 9.55 Å². The Hall–Kier alpha value is -2.70. The van der Waals surface area contributed by atoms with Gasteiger partial charge in [-0.2, -0.15) is 10.5 Å². The van der Waals surface area contributed by atoms with Gasteiger partial charge in [-0.05, 0) is 24.6 Å². The van der Waals surface area contributed by atoms with Crippen molar-refractivity contribution in [2.75, 3.05) is 0 Å². The highest BCUT2D eigenvalue weighted by molar-refractivity contribution is 5.46. The van der Waals surface area contributed by atoms with E-state index in [1.54, 1.807) is 19.1 Å². The van der Waals surface area contributed by atoms with Gasteiger partial charge in [0.1, 0.15) is 24.3 Å². The van der Waals surface area contributed by atoms with Crippen LogP contribution in [0, 0.1) is 28.5 Å². The molecule has 0 radical (unpaired) electrons. The van der Waals surface area contributed by atoms with Crippen LogP contribution in [0.3, 0.4) is 0 Å². The van der Waals surface area contributed by atoms with Crippen molar-refractivity contribution in [1.29, 1.82) is 10.5 Å². The van der Waals surface area contributed by atoms with Gasteiger partial charge in [0, 0.05) is 6.04 Å². The van der Waals surface area contributed by atoms with E-state index in [1.165, 1.54) is 23.0 Å². The topological polar surface area (TPSA) is 91.4 Å². The van der Waals surface area contributed by atoms with E-state index >= 15 is 0 Å². The summed E-state index contributed by atoms with van der Waals surface area (Å²) in [6.45, 7) is 1.75. The van der Waals surface area contributed by atoms with Crippen molar-refractivity contribution in [3.8, 4) is 17.8 Å². The lowest BCUT2D eigenvalue weighted by Crippen LogP contribution is -2.07. The number of nitrogens with zero attached hydrogens (tertiary/aromatic N) is 4. The third-order valence-electron chi connectivity index (χ3n) is 2.74. The van der Waals surface area contributed by atoms with Gasteiger partial charge in [0.25, 0.3) is 0 Å². The standard InChI is InChI=1S/C13H10FN5/c1-8(17)9-2-3-12(10(14)4-9)19-7-18-11(5-15)13(19)6-16/h2-4,7-8H,17H2,1H3/t8-/m0/s1. The number of nitrogens with two attached hydrogens (primary N) is 1. The molecule has 5 nitrogen and oxygen atoms in total.